The molecular formula is C15H19Cl2NO3. The fraction of sp³-hybridized carbons (Fsp3) is 0.467. The molecule has 0 bridgehead atoms. The molecule has 1 N–H and O–H groups in total. The molecule has 1 aliphatic rings. The van der Waals surface area contributed by atoms with Crippen molar-refractivity contribution in [2.45, 2.75) is 25.7 Å². The highest BCUT2D eigenvalue weighted by Crippen LogP contribution is 2.33. The smallest absolute Gasteiger partial charge is 0.308 e. The van der Waals surface area contributed by atoms with Gasteiger partial charge in [-0.3, -0.25) is 9.59 Å². The van der Waals surface area contributed by atoms with E-state index in [4.69, 9.17) is 16.7 Å². The van der Waals surface area contributed by atoms with Gasteiger partial charge in [-0.1, -0.05) is 29.8 Å². The number of likely N-dealkylation sites (tertiary alicyclic amines) is 1. The lowest BCUT2D eigenvalue weighted by Crippen LogP contribution is -2.42. The Kier molecular flexibility index (Phi) is 5.65. The fourth-order valence-corrected chi connectivity index (χ4v) is 3.00. The SMILES string of the molecule is CC(C)(C(=O)N1CCC(C(=O)O)C1)c1ccccc1Cl.Cl. The first-order chi connectivity index (χ1) is 9.34. The third-order valence-electron chi connectivity index (χ3n) is 3.91. The molecule has 2 rings (SSSR count). The van der Waals surface area contributed by atoms with Crippen molar-refractivity contribution in [3.63, 3.8) is 0 Å². The number of carbonyl (C=O) groups excluding carboxylic acids is 1. The highest BCUT2D eigenvalue weighted by atomic mass is 35.5. The van der Waals surface area contributed by atoms with Gasteiger partial charge in [-0.2, -0.15) is 0 Å². The van der Waals surface area contributed by atoms with E-state index in [0.29, 0.717) is 18.0 Å². The zero-order chi connectivity index (χ0) is 14.9. The van der Waals surface area contributed by atoms with Gasteiger partial charge in [0.1, 0.15) is 0 Å². The minimum Gasteiger partial charge on any atom is -0.481 e. The predicted molar refractivity (Wildman–Crippen MR) is 84.0 cm³/mol. The molecule has 21 heavy (non-hydrogen) atoms. The molecule has 6 heteroatoms. The monoisotopic (exact) mass is 331 g/mol. The van der Waals surface area contributed by atoms with Crippen LogP contribution in [0, 0.1) is 5.92 Å². The molecule has 4 nitrogen and oxygen atoms in total. The Balaban J connectivity index is 0.00000220. The van der Waals surface area contributed by atoms with E-state index in [-0.39, 0.29) is 24.9 Å². The number of nitrogens with zero attached hydrogens (tertiary/aromatic N) is 1. The van der Waals surface area contributed by atoms with Gasteiger partial charge in [-0.15, -0.1) is 12.4 Å². The van der Waals surface area contributed by atoms with Crippen LogP contribution in [0.25, 0.3) is 0 Å². The molecule has 0 aliphatic carbocycles. The highest BCUT2D eigenvalue weighted by molar-refractivity contribution is 6.31. The van der Waals surface area contributed by atoms with Crippen LogP contribution in [-0.2, 0) is 15.0 Å². The van der Waals surface area contributed by atoms with Crippen LogP contribution in [-0.4, -0.2) is 35.0 Å². The lowest BCUT2D eigenvalue weighted by Gasteiger charge is -2.30. The van der Waals surface area contributed by atoms with Crippen LogP contribution >= 0.6 is 24.0 Å². The van der Waals surface area contributed by atoms with Crippen LogP contribution in [0.5, 0.6) is 0 Å². The zero-order valence-corrected chi connectivity index (χ0v) is 13.6. The molecule has 1 saturated heterocycles. The zero-order valence-electron chi connectivity index (χ0n) is 12.0. The van der Waals surface area contributed by atoms with Crippen molar-refractivity contribution in [2.75, 3.05) is 13.1 Å². The third kappa shape index (κ3) is 3.50. The second kappa shape index (κ2) is 6.67. The number of aliphatic carboxylic acids is 1. The molecule has 0 radical (unpaired) electrons. The van der Waals surface area contributed by atoms with Gasteiger partial charge in [0.05, 0.1) is 11.3 Å². The maximum atomic E-state index is 12.7. The average molecular weight is 332 g/mol. The van der Waals surface area contributed by atoms with Crippen LogP contribution in [0.4, 0.5) is 0 Å². The summed E-state index contributed by atoms with van der Waals surface area (Å²) < 4.78 is 0. The fourth-order valence-electron chi connectivity index (χ4n) is 2.62. The van der Waals surface area contributed by atoms with Gasteiger partial charge >= 0.3 is 5.97 Å². The second-order valence-electron chi connectivity index (χ2n) is 5.68. The van der Waals surface area contributed by atoms with Crippen molar-refractivity contribution in [1.29, 1.82) is 0 Å². The first-order valence-electron chi connectivity index (χ1n) is 6.61. The standard InChI is InChI=1S/C15H18ClNO3.ClH/c1-15(2,11-5-3-4-6-12(11)16)14(20)17-8-7-10(9-17)13(18)19;/h3-6,10H,7-9H2,1-2H3,(H,18,19);1H. The number of carboxylic acids is 1. The van der Waals surface area contributed by atoms with Gasteiger partial charge in [0, 0.05) is 18.1 Å². The molecule has 116 valence electrons. The molecule has 1 fully saturated rings. The van der Waals surface area contributed by atoms with Crippen LogP contribution in [0.1, 0.15) is 25.8 Å². The van der Waals surface area contributed by atoms with Crippen molar-refractivity contribution >= 4 is 35.9 Å². The number of hydrogen-bond donors (Lipinski definition) is 1. The van der Waals surface area contributed by atoms with E-state index in [1.54, 1.807) is 11.0 Å². The van der Waals surface area contributed by atoms with Gasteiger partial charge in [-0.05, 0) is 31.9 Å². The predicted octanol–water partition coefficient (Wildman–Crippen LogP) is 2.97. The van der Waals surface area contributed by atoms with Crippen molar-refractivity contribution < 1.29 is 14.7 Å². The van der Waals surface area contributed by atoms with E-state index in [1.807, 2.05) is 32.0 Å². The van der Waals surface area contributed by atoms with Gasteiger partial charge in [0.15, 0.2) is 0 Å². The van der Waals surface area contributed by atoms with Gasteiger partial charge in [0.2, 0.25) is 5.91 Å². The van der Waals surface area contributed by atoms with Gasteiger partial charge in [-0.25, -0.2) is 0 Å². The van der Waals surface area contributed by atoms with Crippen molar-refractivity contribution in [3.8, 4) is 0 Å². The Morgan fingerprint density at radius 1 is 1.33 bits per heavy atom. The van der Waals surface area contributed by atoms with Crippen molar-refractivity contribution in [1.82, 2.24) is 4.90 Å². The summed E-state index contributed by atoms with van der Waals surface area (Å²) in [5.41, 5.74) is 0.0107. The molecular weight excluding hydrogens is 313 g/mol. The summed E-state index contributed by atoms with van der Waals surface area (Å²) in [4.78, 5) is 25.3. The Labute approximate surface area is 135 Å². The molecule has 1 amide bonds. The summed E-state index contributed by atoms with van der Waals surface area (Å²) in [7, 11) is 0. The maximum Gasteiger partial charge on any atom is 0.308 e. The topological polar surface area (TPSA) is 57.6 Å². The van der Waals surface area contributed by atoms with E-state index in [0.717, 1.165) is 5.56 Å². The van der Waals surface area contributed by atoms with E-state index < -0.39 is 17.3 Å². The van der Waals surface area contributed by atoms with Crippen molar-refractivity contribution in [2.24, 2.45) is 5.92 Å². The van der Waals surface area contributed by atoms with E-state index in [2.05, 4.69) is 0 Å². The van der Waals surface area contributed by atoms with E-state index in [1.165, 1.54) is 0 Å². The number of rotatable bonds is 3. The highest BCUT2D eigenvalue weighted by Gasteiger charge is 2.39. The molecule has 0 spiro atoms. The number of benzene rings is 1. The third-order valence-corrected chi connectivity index (χ3v) is 4.24. The Morgan fingerprint density at radius 2 is 1.95 bits per heavy atom. The molecule has 0 saturated carbocycles. The molecule has 0 aromatic heterocycles. The quantitative estimate of drug-likeness (QED) is 0.926. The number of halogens is 2. The molecule has 1 aromatic rings. The first kappa shape index (κ1) is 17.8. The molecule has 1 aromatic carbocycles. The molecule has 1 aliphatic heterocycles. The molecule has 1 atom stereocenters. The summed E-state index contributed by atoms with van der Waals surface area (Å²) in [6, 6.07) is 7.27. The first-order valence-corrected chi connectivity index (χ1v) is 6.99. The number of carbonyl (C=O) groups is 2. The Bertz CT molecular complexity index is 545. The van der Waals surface area contributed by atoms with E-state index >= 15 is 0 Å². The van der Waals surface area contributed by atoms with Crippen LogP contribution < -0.4 is 0 Å². The van der Waals surface area contributed by atoms with Gasteiger partial charge in [0.25, 0.3) is 0 Å². The number of hydrogen-bond acceptors (Lipinski definition) is 2. The maximum absolute atomic E-state index is 12.7. The second-order valence-corrected chi connectivity index (χ2v) is 6.09. The van der Waals surface area contributed by atoms with Crippen LogP contribution in [0.3, 0.4) is 0 Å². The normalized spacial score (nSPS) is 18.2. The summed E-state index contributed by atoms with van der Waals surface area (Å²) in [6.45, 7) is 4.42. The average Bonchev–Trinajstić information content (AvgIpc) is 2.87. The molecule has 1 unspecified atom stereocenters. The summed E-state index contributed by atoms with van der Waals surface area (Å²) >= 11 is 6.17. The van der Waals surface area contributed by atoms with Crippen LogP contribution in [0.15, 0.2) is 24.3 Å². The van der Waals surface area contributed by atoms with Crippen molar-refractivity contribution in [3.05, 3.63) is 34.9 Å². The number of carboxylic acid groups (broad SMARTS) is 1. The van der Waals surface area contributed by atoms with Gasteiger partial charge < -0.3 is 10.0 Å². The van der Waals surface area contributed by atoms with E-state index in [9.17, 15) is 9.59 Å². The summed E-state index contributed by atoms with van der Waals surface area (Å²) in [5, 5.41) is 9.57. The van der Waals surface area contributed by atoms with Crippen LogP contribution in [0.2, 0.25) is 5.02 Å². The summed E-state index contributed by atoms with van der Waals surface area (Å²) in [6.07, 6.45) is 0.514. The largest absolute Gasteiger partial charge is 0.481 e. The lowest BCUT2D eigenvalue weighted by atomic mass is 9.83. The minimum atomic E-state index is -0.837. The molecule has 1 heterocycles. The Hall–Kier alpha value is -1.26. The summed E-state index contributed by atoms with van der Waals surface area (Å²) in [5.74, 6) is -1.37. The Morgan fingerprint density at radius 3 is 2.48 bits per heavy atom. The lowest BCUT2D eigenvalue weighted by molar-refractivity contribution is -0.141. The number of amides is 1. The minimum absolute atomic E-state index is 0.